The third kappa shape index (κ3) is 38.8. The third-order valence-electron chi connectivity index (χ3n) is 0. The summed E-state index contributed by atoms with van der Waals surface area (Å²) in [6.07, 6.45) is 0. The molecule has 0 spiro atoms. The van der Waals surface area contributed by atoms with Gasteiger partial charge in [-0.25, -0.2) is 0 Å². The average molecular weight is 160 g/mol. The van der Waals surface area contributed by atoms with Crippen LogP contribution < -0.4 is 88.7 Å². The fraction of sp³-hybridized carbons (Fsp3) is 1.00. The largest absolute Gasteiger partial charge is 2.00 e. The minimum atomic E-state index is 0. The van der Waals surface area contributed by atoms with Crippen molar-refractivity contribution < 1.29 is 101 Å². The molecule has 5 heteroatoms. The Morgan fingerprint density at radius 3 is 1.29 bits per heavy atom. The first-order valence-corrected chi connectivity index (χ1v) is 1.02. The molecule has 0 saturated heterocycles. The molecule has 0 rings (SSSR count). The van der Waals surface area contributed by atoms with E-state index in [2.05, 4.69) is 0 Å². The second-order valence-electron chi connectivity index (χ2n) is 0.316. The Bertz CT molecular complexity index is 24.7. The maximum Gasteiger partial charge on any atom is 2.00 e. The number of rotatable bonds is 0. The Balaban J connectivity index is -0.000000000556. The van der Waals surface area contributed by atoms with Crippen LogP contribution in [-0.2, 0) is 0 Å². The molecule has 0 heterocycles. The van der Waals surface area contributed by atoms with Crippen molar-refractivity contribution in [1.82, 2.24) is 0 Å². The molecule has 1 nitrogen and oxygen atoms in total. The molecule has 0 aliphatic carbocycles. The fourth-order valence-electron chi connectivity index (χ4n) is 0. The van der Waals surface area contributed by atoms with Crippen LogP contribution in [-0.4, -0.2) is 49.5 Å². The van der Waals surface area contributed by atoms with E-state index in [0.29, 0.717) is 0 Å². The summed E-state index contributed by atoms with van der Waals surface area (Å²) in [4.78, 5) is 0. The van der Waals surface area contributed by atoms with Crippen molar-refractivity contribution in [2.24, 2.45) is 0 Å². The van der Waals surface area contributed by atoms with Crippen LogP contribution >= 0.6 is 0 Å². The van der Waals surface area contributed by atoms with Gasteiger partial charge in [0, 0.05) is 6.61 Å². The molecule has 0 unspecified atom stereocenters. The molecule has 0 aromatic carbocycles. The van der Waals surface area contributed by atoms with Gasteiger partial charge in [-0.15, -0.1) is 0 Å². The molecule has 0 bridgehead atoms. The summed E-state index contributed by atoms with van der Waals surface area (Å²) >= 11 is 0. The van der Waals surface area contributed by atoms with Crippen molar-refractivity contribution in [2.45, 2.75) is 6.92 Å². The van der Waals surface area contributed by atoms with E-state index >= 15 is 0 Å². The van der Waals surface area contributed by atoms with Gasteiger partial charge in [0.1, 0.15) is 0 Å². The van der Waals surface area contributed by atoms with Crippen LogP contribution in [0.2, 0.25) is 0 Å². The molecular weight excluding hydrogens is 149 g/mol. The molecule has 7 heavy (non-hydrogen) atoms. The molecule has 30 valence electrons. The topological polar surface area (TPSA) is 20.2 Å². The van der Waals surface area contributed by atoms with Crippen LogP contribution in [0.5, 0.6) is 0 Å². The SMILES string of the molecule is CCO.[Ca+2].[H-].[H-].[H-].[H-].[H-].[Na+].[Na+].[Na+]. The molecule has 0 aromatic heterocycles. The second kappa shape index (κ2) is 31.9. The van der Waals surface area contributed by atoms with Crippen molar-refractivity contribution in [3.05, 3.63) is 0 Å². The van der Waals surface area contributed by atoms with Crippen LogP contribution in [0.1, 0.15) is 14.1 Å². The summed E-state index contributed by atoms with van der Waals surface area (Å²) in [5.74, 6) is 0. The molecule has 0 fully saturated rings. The minimum absolute atomic E-state index is 0. The van der Waals surface area contributed by atoms with Crippen molar-refractivity contribution >= 4 is 37.7 Å². The van der Waals surface area contributed by atoms with Crippen LogP contribution in [0.25, 0.3) is 0 Å². The van der Waals surface area contributed by atoms with E-state index < -0.39 is 0 Å². The predicted octanol–water partition coefficient (Wildman–Crippen LogP) is -8.81. The maximum absolute atomic E-state index is 7.57. The molecule has 0 saturated carbocycles. The van der Waals surface area contributed by atoms with Crippen molar-refractivity contribution in [3.8, 4) is 0 Å². The molecular formula is C2H11CaNa3O. The molecule has 0 aliphatic rings. The van der Waals surface area contributed by atoms with Crippen LogP contribution in [0.4, 0.5) is 0 Å². The first-order chi connectivity index (χ1) is 1.41. The van der Waals surface area contributed by atoms with Crippen molar-refractivity contribution in [2.75, 3.05) is 6.61 Å². The quantitative estimate of drug-likeness (QED) is 0.349. The van der Waals surface area contributed by atoms with Gasteiger partial charge in [0.25, 0.3) is 0 Å². The molecule has 0 amide bonds. The summed E-state index contributed by atoms with van der Waals surface area (Å²) in [7, 11) is 0. The normalized spacial score (nSPS) is 2.57. The van der Waals surface area contributed by atoms with Gasteiger partial charge in [0.05, 0.1) is 0 Å². The van der Waals surface area contributed by atoms with Crippen molar-refractivity contribution in [1.29, 1.82) is 0 Å². The van der Waals surface area contributed by atoms with E-state index in [1.54, 1.807) is 6.92 Å². The molecule has 0 radical (unpaired) electrons. The standard InChI is InChI=1S/C2H6O.Ca.3Na.5H/c1-2-3;;;;;;;;;/h3H,2H2,1H3;;;;;;;;;/q;+2;3*+1;5*-1. The van der Waals surface area contributed by atoms with E-state index in [9.17, 15) is 0 Å². The van der Waals surface area contributed by atoms with E-state index in [0.717, 1.165) is 0 Å². The first-order valence-electron chi connectivity index (χ1n) is 1.02. The Kier molecular flexibility index (Phi) is 138. The Labute approximate surface area is 149 Å². The molecule has 0 atom stereocenters. The summed E-state index contributed by atoms with van der Waals surface area (Å²) in [5, 5.41) is 7.57. The van der Waals surface area contributed by atoms with Gasteiger partial charge < -0.3 is 12.2 Å². The maximum atomic E-state index is 7.57. The number of hydrogen-bond acceptors (Lipinski definition) is 1. The van der Waals surface area contributed by atoms with E-state index in [-0.39, 0.29) is 140 Å². The average Bonchev–Trinajstić information content (AvgIpc) is 0.918. The Morgan fingerprint density at radius 1 is 1.29 bits per heavy atom. The first kappa shape index (κ1) is 30.3. The van der Waals surface area contributed by atoms with E-state index in [4.69, 9.17) is 5.11 Å². The summed E-state index contributed by atoms with van der Waals surface area (Å²) in [6, 6.07) is 0. The molecule has 0 aromatic rings. The van der Waals surface area contributed by atoms with E-state index in [1.807, 2.05) is 0 Å². The van der Waals surface area contributed by atoms with Crippen molar-refractivity contribution in [3.63, 3.8) is 0 Å². The van der Waals surface area contributed by atoms with E-state index in [1.165, 1.54) is 0 Å². The van der Waals surface area contributed by atoms with Crippen LogP contribution in [0, 0.1) is 0 Å². The van der Waals surface area contributed by atoms with Gasteiger partial charge in [-0.3, -0.25) is 0 Å². The van der Waals surface area contributed by atoms with Crippen LogP contribution in [0.15, 0.2) is 0 Å². The Hall–Kier alpha value is 4.22. The number of aliphatic hydroxyl groups excluding tert-OH is 1. The van der Waals surface area contributed by atoms with Gasteiger partial charge in [-0.2, -0.15) is 0 Å². The summed E-state index contributed by atoms with van der Waals surface area (Å²) in [5.41, 5.74) is 0. The zero-order valence-corrected chi connectivity index (χ0v) is 14.1. The smallest absolute Gasteiger partial charge is 1.00 e. The van der Waals surface area contributed by atoms with Crippen LogP contribution in [0.3, 0.4) is 0 Å². The minimum Gasteiger partial charge on any atom is -1.00 e. The summed E-state index contributed by atoms with van der Waals surface area (Å²) in [6.45, 7) is 1.93. The van der Waals surface area contributed by atoms with Gasteiger partial charge >= 0.3 is 126 Å². The third-order valence-corrected chi connectivity index (χ3v) is 0. The zero-order valence-electron chi connectivity index (χ0n) is 10.9. The monoisotopic (exact) mass is 160 g/mol. The molecule has 0 aliphatic heterocycles. The fourth-order valence-corrected chi connectivity index (χ4v) is 0. The van der Waals surface area contributed by atoms with Gasteiger partial charge in [0.15, 0.2) is 0 Å². The Morgan fingerprint density at radius 2 is 1.29 bits per heavy atom. The number of aliphatic hydroxyl groups is 1. The van der Waals surface area contributed by atoms with Gasteiger partial charge in [0.2, 0.25) is 0 Å². The zero-order chi connectivity index (χ0) is 2.71. The predicted molar refractivity (Wildman–Crippen MR) is 24.1 cm³/mol. The van der Waals surface area contributed by atoms with Gasteiger partial charge in [-0.05, 0) is 6.92 Å². The molecule has 1 N–H and O–H groups in total. The number of hydrogen-bond donors (Lipinski definition) is 1. The summed E-state index contributed by atoms with van der Waals surface area (Å²) < 4.78 is 0. The second-order valence-corrected chi connectivity index (χ2v) is 0.316. The van der Waals surface area contributed by atoms with Gasteiger partial charge in [-0.1, -0.05) is 0 Å².